The van der Waals surface area contributed by atoms with Gasteiger partial charge in [0, 0.05) is 15.7 Å². The van der Waals surface area contributed by atoms with Gasteiger partial charge in [-0.25, -0.2) is 0 Å². The van der Waals surface area contributed by atoms with E-state index in [1.807, 2.05) is 36.4 Å². The van der Waals surface area contributed by atoms with Gasteiger partial charge < -0.3 is 10.1 Å². The van der Waals surface area contributed by atoms with Gasteiger partial charge in [-0.05, 0) is 60.0 Å². The van der Waals surface area contributed by atoms with E-state index >= 15 is 0 Å². The van der Waals surface area contributed by atoms with E-state index in [0.29, 0.717) is 29.0 Å². The molecule has 33 heavy (non-hydrogen) atoms. The van der Waals surface area contributed by atoms with Gasteiger partial charge in [-0.3, -0.25) is 4.79 Å². The first-order valence-corrected chi connectivity index (χ1v) is 10.9. The van der Waals surface area contributed by atoms with Crippen molar-refractivity contribution in [3.05, 3.63) is 112 Å². The molecule has 162 valence electrons. The van der Waals surface area contributed by atoms with Crippen LogP contribution in [0.2, 0.25) is 0 Å². The van der Waals surface area contributed by atoms with Crippen LogP contribution in [0.15, 0.2) is 89.4 Å². The van der Waals surface area contributed by atoms with Crippen molar-refractivity contribution in [1.29, 1.82) is 10.5 Å². The van der Waals surface area contributed by atoms with Gasteiger partial charge in [-0.1, -0.05) is 52.3 Å². The number of hydrogen-bond donors (Lipinski definition) is 1. The summed E-state index contributed by atoms with van der Waals surface area (Å²) in [6.45, 7) is 4.05. The van der Waals surface area contributed by atoms with Crippen molar-refractivity contribution in [2.75, 3.05) is 5.32 Å². The SMILES string of the molecule is C=CCc1cc(/C=C(/C#N)C(=O)Nc2cccc(Br)c2)ccc1OCc1ccccc1C#N. The van der Waals surface area contributed by atoms with Gasteiger partial charge in [0.1, 0.15) is 24.0 Å². The van der Waals surface area contributed by atoms with Gasteiger partial charge in [0.15, 0.2) is 0 Å². The quantitative estimate of drug-likeness (QED) is 0.229. The fourth-order valence-electron chi connectivity index (χ4n) is 3.14. The van der Waals surface area contributed by atoms with Crippen LogP contribution in [0.4, 0.5) is 5.69 Å². The molecule has 1 amide bonds. The molecular weight excluding hydrogens is 478 g/mol. The number of ether oxygens (including phenoxy) is 1. The van der Waals surface area contributed by atoms with Crippen molar-refractivity contribution in [2.24, 2.45) is 0 Å². The van der Waals surface area contributed by atoms with E-state index < -0.39 is 5.91 Å². The number of rotatable bonds is 8. The van der Waals surface area contributed by atoms with E-state index in [1.165, 1.54) is 6.08 Å². The molecule has 0 atom stereocenters. The van der Waals surface area contributed by atoms with Crippen LogP contribution in [-0.2, 0) is 17.8 Å². The number of halogens is 1. The predicted octanol–water partition coefficient (Wildman–Crippen LogP) is 6.17. The third kappa shape index (κ3) is 6.43. The molecular formula is C27H20BrN3O2. The number of nitrogens with one attached hydrogen (secondary N) is 1. The number of carbonyl (C=O) groups excluding carboxylic acids is 1. The van der Waals surface area contributed by atoms with E-state index in [2.05, 4.69) is 33.9 Å². The third-order valence-electron chi connectivity index (χ3n) is 4.73. The maximum Gasteiger partial charge on any atom is 0.266 e. The van der Waals surface area contributed by atoms with E-state index in [9.17, 15) is 15.3 Å². The van der Waals surface area contributed by atoms with Gasteiger partial charge >= 0.3 is 0 Å². The second-order valence-electron chi connectivity index (χ2n) is 7.05. The molecule has 1 N–H and O–H groups in total. The zero-order chi connectivity index (χ0) is 23.6. The molecule has 0 radical (unpaired) electrons. The monoisotopic (exact) mass is 497 g/mol. The summed E-state index contributed by atoms with van der Waals surface area (Å²) in [5.41, 5.74) is 3.48. The van der Waals surface area contributed by atoms with Crippen LogP contribution < -0.4 is 10.1 Å². The molecule has 0 aliphatic rings. The molecule has 3 aromatic rings. The number of anilines is 1. The van der Waals surface area contributed by atoms with Crippen LogP contribution in [-0.4, -0.2) is 5.91 Å². The van der Waals surface area contributed by atoms with Gasteiger partial charge in [0.25, 0.3) is 5.91 Å². The molecule has 6 heteroatoms. The Hall–Kier alpha value is -4.13. The highest BCUT2D eigenvalue weighted by Gasteiger charge is 2.11. The third-order valence-corrected chi connectivity index (χ3v) is 5.22. The van der Waals surface area contributed by atoms with Crippen LogP contribution in [0.25, 0.3) is 6.08 Å². The molecule has 0 spiro atoms. The molecule has 0 aliphatic carbocycles. The van der Waals surface area contributed by atoms with Crippen LogP contribution in [0.3, 0.4) is 0 Å². The topological polar surface area (TPSA) is 85.9 Å². The van der Waals surface area contributed by atoms with Crippen LogP contribution in [0, 0.1) is 22.7 Å². The van der Waals surface area contributed by atoms with Crippen molar-refractivity contribution in [3.8, 4) is 17.9 Å². The van der Waals surface area contributed by atoms with Crippen LogP contribution in [0.1, 0.15) is 22.3 Å². The van der Waals surface area contributed by atoms with E-state index in [1.54, 1.807) is 42.5 Å². The first-order chi connectivity index (χ1) is 16.0. The first-order valence-electron chi connectivity index (χ1n) is 10.1. The van der Waals surface area contributed by atoms with Crippen LogP contribution in [0.5, 0.6) is 5.75 Å². The number of benzene rings is 3. The van der Waals surface area contributed by atoms with Crippen molar-refractivity contribution in [2.45, 2.75) is 13.0 Å². The highest BCUT2D eigenvalue weighted by molar-refractivity contribution is 9.10. The summed E-state index contributed by atoms with van der Waals surface area (Å²) in [6, 6.07) is 24.0. The summed E-state index contributed by atoms with van der Waals surface area (Å²) in [5.74, 6) is 0.159. The Kier molecular flexibility index (Phi) is 8.18. The Morgan fingerprint density at radius 3 is 2.61 bits per heavy atom. The summed E-state index contributed by atoms with van der Waals surface area (Å²) >= 11 is 3.36. The average molecular weight is 498 g/mol. The first kappa shape index (κ1) is 23.5. The smallest absolute Gasteiger partial charge is 0.266 e. The van der Waals surface area contributed by atoms with E-state index in [-0.39, 0.29) is 12.2 Å². The minimum atomic E-state index is -0.491. The largest absolute Gasteiger partial charge is 0.489 e. The molecule has 5 nitrogen and oxygen atoms in total. The highest BCUT2D eigenvalue weighted by Crippen LogP contribution is 2.25. The summed E-state index contributed by atoms with van der Waals surface area (Å²) in [5, 5.41) is 21.5. The second-order valence-corrected chi connectivity index (χ2v) is 7.97. The maximum absolute atomic E-state index is 12.6. The molecule has 3 rings (SSSR count). The highest BCUT2D eigenvalue weighted by atomic mass is 79.9. The molecule has 0 fully saturated rings. The normalized spacial score (nSPS) is 10.6. The van der Waals surface area contributed by atoms with Gasteiger partial charge in [-0.2, -0.15) is 10.5 Å². The van der Waals surface area contributed by atoms with E-state index in [0.717, 1.165) is 15.6 Å². The van der Waals surface area contributed by atoms with Gasteiger partial charge in [-0.15, -0.1) is 6.58 Å². The lowest BCUT2D eigenvalue weighted by Crippen LogP contribution is -2.13. The number of hydrogen-bond acceptors (Lipinski definition) is 4. The molecule has 0 aliphatic heterocycles. The number of amides is 1. The lowest BCUT2D eigenvalue weighted by atomic mass is 10.0. The Bertz CT molecular complexity index is 1300. The number of carbonyl (C=O) groups is 1. The zero-order valence-corrected chi connectivity index (χ0v) is 19.3. The van der Waals surface area contributed by atoms with Crippen molar-refractivity contribution < 1.29 is 9.53 Å². The Labute approximate surface area is 201 Å². The Balaban J connectivity index is 1.81. The number of nitrogens with zero attached hydrogens (tertiary/aromatic N) is 2. The molecule has 0 saturated carbocycles. The average Bonchev–Trinajstić information content (AvgIpc) is 2.82. The van der Waals surface area contributed by atoms with Crippen molar-refractivity contribution in [1.82, 2.24) is 0 Å². The fourth-order valence-corrected chi connectivity index (χ4v) is 3.53. The summed E-state index contributed by atoms with van der Waals surface area (Å²) in [7, 11) is 0. The van der Waals surface area contributed by atoms with Gasteiger partial charge in [0.05, 0.1) is 11.6 Å². The Morgan fingerprint density at radius 2 is 1.88 bits per heavy atom. The summed E-state index contributed by atoms with van der Waals surface area (Å²) < 4.78 is 6.80. The maximum atomic E-state index is 12.6. The zero-order valence-electron chi connectivity index (χ0n) is 17.7. The standard InChI is InChI=1S/C27H20BrN3O2/c1-2-6-20-13-19(11-12-26(20)33-18-22-8-4-3-7-21(22)16-29)14-23(17-30)27(32)31-25-10-5-9-24(28)15-25/h2-5,7-15H,1,6,18H2,(H,31,32)/b23-14-. The van der Waals surface area contributed by atoms with Crippen molar-refractivity contribution in [3.63, 3.8) is 0 Å². The molecule has 0 aromatic heterocycles. The number of allylic oxidation sites excluding steroid dienone is 1. The summed E-state index contributed by atoms with van der Waals surface area (Å²) in [4.78, 5) is 12.6. The molecule has 0 heterocycles. The number of nitriles is 2. The van der Waals surface area contributed by atoms with Crippen LogP contribution >= 0.6 is 15.9 Å². The second kappa shape index (κ2) is 11.5. The molecule has 0 saturated heterocycles. The summed E-state index contributed by atoms with van der Waals surface area (Å²) in [6.07, 6.45) is 3.84. The van der Waals surface area contributed by atoms with E-state index in [4.69, 9.17) is 4.74 Å². The molecule has 0 unspecified atom stereocenters. The molecule has 3 aromatic carbocycles. The van der Waals surface area contributed by atoms with Gasteiger partial charge in [0.2, 0.25) is 0 Å². The molecule has 0 bridgehead atoms. The lowest BCUT2D eigenvalue weighted by molar-refractivity contribution is -0.112. The minimum Gasteiger partial charge on any atom is -0.489 e. The minimum absolute atomic E-state index is 0.0175. The lowest BCUT2D eigenvalue weighted by Gasteiger charge is -2.12. The predicted molar refractivity (Wildman–Crippen MR) is 132 cm³/mol. The van der Waals surface area contributed by atoms with Crippen molar-refractivity contribution >= 4 is 33.6 Å². The Morgan fingerprint density at radius 1 is 1.06 bits per heavy atom. The fraction of sp³-hybridized carbons (Fsp3) is 0.0741.